The summed E-state index contributed by atoms with van der Waals surface area (Å²) >= 11 is 0. The number of hydrogen-bond acceptors (Lipinski definition) is 2. The molecule has 1 aromatic heterocycles. The van der Waals surface area contributed by atoms with Gasteiger partial charge in [-0.25, -0.2) is 0 Å². The molecule has 3 nitrogen and oxygen atoms in total. The van der Waals surface area contributed by atoms with Crippen LogP contribution in [0.2, 0.25) is 0 Å². The van der Waals surface area contributed by atoms with Crippen molar-refractivity contribution in [3.05, 3.63) is 204 Å². The van der Waals surface area contributed by atoms with E-state index in [1.54, 1.807) is 0 Å². The van der Waals surface area contributed by atoms with Gasteiger partial charge in [-0.15, -0.1) is 0 Å². The first-order valence-electron chi connectivity index (χ1n) is 25.7. The van der Waals surface area contributed by atoms with Crippen molar-refractivity contribution in [2.75, 3.05) is 9.80 Å². The van der Waals surface area contributed by atoms with E-state index in [1.807, 2.05) is 0 Å². The van der Waals surface area contributed by atoms with Crippen molar-refractivity contribution in [3.8, 4) is 33.5 Å². The van der Waals surface area contributed by atoms with Crippen molar-refractivity contribution >= 4 is 62.8 Å². The maximum Gasteiger partial charge on any atom is 0.333 e. The van der Waals surface area contributed by atoms with Crippen LogP contribution in [0.1, 0.15) is 111 Å². The van der Waals surface area contributed by atoms with E-state index in [2.05, 4.69) is 280 Å². The fourth-order valence-electron chi connectivity index (χ4n) is 11.3. The van der Waals surface area contributed by atoms with Gasteiger partial charge in [0.2, 0.25) is 0 Å². The van der Waals surface area contributed by atoms with Crippen molar-refractivity contribution < 1.29 is 0 Å². The molecule has 0 N–H and O–H groups in total. The summed E-state index contributed by atoms with van der Waals surface area (Å²) in [5.41, 5.74) is 25.0. The SMILES string of the molecule is Cc1ccccc1-c1c(-c2ccc(N(c3ccccc3)c3ccccc3)cc2)n2c3c(cc(C(C)(C)C)cc13)-c1cc(C(C)(C)C)cc3c1B2c1cc(C(C)(C)C)ccc1N3c1ccc(C(C)(C)C)cc1. The van der Waals surface area contributed by atoms with Crippen molar-refractivity contribution in [3.63, 3.8) is 0 Å². The second-order valence-corrected chi connectivity index (χ2v) is 24.4. The molecule has 0 aliphatic carbocycles. The number of hydrogen-bond donors (Lipinski definition) is 0. The number of fused-ring (bicyclic) bond motifs is 4. The Hall–Kier alpha value is -7.04. The largest absolute Gasteiger partial charge is 0.375 e. The molecule has 2 aliphatic rings. The summed E-state index contributed by atoms with van der Waals surface area (Å²) in [5, 5.41) is 1.30. The second kappa shape index (κ2) is 16.5. The highest BCUT2D eigenvalue weighted by Gasteiger charge is 2.45. The van der Waals surface area contributed by atoms with Gasteiger partial charge in [0.05, 0.1) is 0 Å². The Morgan fingerprint density at radius 1 is 0.423 bits per heavy atom. The Labute approximate surface area is 423 Å². The summed E-state index contributed by atoms with van der Waals surface area (Å²) in [5.74, 6) is 0. The lowest BCUT2D eigenvalue weighted by atomic mass is 9.44. The first-order chi connectivity index (χ1) is 33.7. The average Bonchev–Trinajstić information content (AvgIpc) is 3.67. The molecule has 3 heterocycles. The summed E-state index contributed by atoms with van der Waals surface area (Å²) in [7, 11) is 0. The van der Waals surface area contributed by atoms with Crippen LogP contribution in [0.25, 0.3) is 44.4 Å². The van der Waals surface area contributed by atoms with Gasteiger partial charge in [0, 0.05) is 61.8 Å². The van der Waals surface area contributed by atoms with E-state index in [1.165, 1.54) is 100 Å². The van der Waals surface area contributed by atoms with Crippen molar-refractivity contribution in [2.45, 2.75) is 112 Å². The van der Waals surface area contributed by atoms with Crippen LogP contribution in [0.4, 0.5) is 34.1 Å². The van der Waals surface area contributed by atoms with Crippen LogP contribution in [0.5, 0.6) is 0 Å². The third-order valence-electron chi connectivity index (χ3n) is 15.3. The van der Waals surface area contributed by atoms with Crippen LogP contribution in [-0.2, 0) is 21.7 Å². The lowest BCUT2D eigenvalue weighted by molar-refractivity contribution is 0.589. The molecule has 354 valence electrons. The zero-order valence-corrected chi connectivity index (χ0v) is 44.2. The first-order valence-corrected chi connectivity index (χ1v) is 25.7. The van der Waals surface area contributed by atoms with Crippen molar-refractivity contribution in [2.24, 2.45) is 0 Å². The Morgan fingerprint density at radius 2 is 0.944 bits per heavy atom. The van der Waals surface area contributed by atoms with E-state index in [4.69, 9.17) is 0 Å². The number of para-hydroxylation sites is 2. The van der Waals surface area contributed by atoms with Crippen LogP contribution < -0.4 is 20.7 Å². The van der Waals surface area contributed by atoms with Crippen LogP contribution in [0, 0.1) is 6.92 Å². The molecule has 0 saturated heterocycles. The first kappa shape index (κ1) is 46.4. The molecule has 0 spiro atoms. The lowest BCUT2D eigenvalue weighted by Gasteiger charge is -2.42. The van der Waals surface area contributed by atoms with Gasteiger partial charge in [0.1, 0.15) is 0 Å². The highest BCUT2D eigenvalue weighted by Crippen LogP contribution is 2.52. The predicted octanol–water partition coefficient (Wildman–Crippen LogP) is 17.4. The van der Waals surface area contributed by atoms with E-state index in [0.717, 1.165) is 17.1 Å². The predicted molar refractivity (Wildman–Crippen MR) is 308 cm³/mol. The number of aromatic nitrogens is 1. The van der Waals surface area contributed by atoms with Gasteiger partial charge in [-0.1, -0.05) is 186 Å². The smallest absolute Gasteiger partial charge is 0.333 e. The zero-order valence-electron chi connectivity index (χ0n) is 44.2. The van der Waals surface area contributed by atoms with Crippen LogP contribution in [0.15, 0.2) is 176 Å². The molecule has 0 unspecified atom stereocenters. The molecule has 2 aliphatic heterocycles. The minimum atomic E-state index is -0.121. The van der Waals surface area contributed by atoms with Gasteiger partial charge in [-0.05, 0) is 157 Å². The standard InChI is InChI=1S/C67H68BN3/c1-43-22-20-21-27-53(43)60-56-40-47(66(8,9)10)39-55-54-38-48(67(11,12)13)42-59-61(54)68(57-41-46(65(5,6)7)32-37-58(57)70(59)52-35-30-45(31-36-52)64(2,3)4)71(63(55)56)62(60)44-28-33-51(34-29-44)69(49-23-16-14-17-24-49)50-25-18-15-19-26-50/h14-42H,1-13H3. The Bertz CT molecular complexity index is 3460. The summed E-state index contributed by atoms with van der Waals surface area (Å²) in [4.78, 5) is 4.96. The molecule has 11 rings (SSSR count). The van der Waals surface area contributed by atoms with Gasteiger partial charge in [0.25, 0.3) is 0 Å². The fourth-order valence-corrected chi connectivity index (χ4v) is 11.3. The molecule has 71 heavy (non-hydrogen) atoms. The highest BCUT2D eigenvalue weighted by molar-refractivity contribution is 6.89. The summed E-state index contributed by atoms with van der Waals surface area (Å²) in [6.07, 6.45) is 0. The van der Waals surface area contributed by atoms with E-state index < -0.39 is 0 Å². The van der Waals surface area contributed by atoms with E-state index >= 15 is 0 Å². The molecular weight excluding hydrogens is 858 g/mol. The maximum atomic E-state index is 2.79. The maximum absolute atomic E-state index is 2.79. The molecule has 8 aromatic carbocycles. The minimum absolute atomic E-state index is 0.0371. The monoisotopic (exact) mass is 926 g/mol. The van der Waals surface area contributed by atoms with Gasteiger partial charge in [-0.2, -0.15) is 0 Å². The van der Waals surface area contributed by atoms with Crippen molar-refractivity contribution in [1.29, 1.82) is 0 Å². The Balaban J connectivity index is 1.29. The number of nitrogens with zero attached hydrogens (tertiary/aromatic N) is 3. The molecule has 0 fully saturated rings. The molecule has 0 bridgehead atoms. The topological polar surface area (TPSA) is 11.4 Å². The van der Waals surface area contributed by atoms with E-state index in [-0.39, 0.29) is 28.5 Å². The quantitative estimate of drug-likeness (QED) is 0.154. The normalized spacial score (nSPS) is 13.4. The summed E-state index contributed by atoms with van der Waals surface area (Å²) in [6.45, 7) is 30.4. The van der Waals surface area contributed by atoms with E-state index in [0.29, 0.717) is 0 Å². The molecule has 9 aromatic rings. The lowest BCUT2D eigenvalue weighted by Crippen LogP contribution is -2.57. The number of benzene rings is 8. The second-order valence-electron chi connectivity index (χ2n) is 24.4. The molecular formula is C67H68BN3. The minimum Gasteiger partial charge on any atom is -0.375 e. The summed E-state index contributed by atoms with van der Waals surface area (Å²) in [6, 6.07) is 66.9. The van der Waals surface area contributed by atoms with E-state index in [9.17, 15) is 0 Å². The van der Waals surface area contributed by atoms with Crippen LogP contribution in [0.3, 0.4) is 0 Å². The third-order valence-corrected chi connectivity index (χ3v) is 15.3. The molecule has 4 heteroatoms. The zero-order chi connectivity index (χ0) is 49.9. The highest BCUT2D eigenvalue weighted by atomic mass is 15.2. The van der Waals surface area contributed by atoms with Crippen LogP contribution in [-0.4, -0.2) is 11.3 Å². The number of anilines is 6. The molecule has 0 amide bonds. The Kier molecular flexibility index (Phi) is 10.8. The number of rotatable bonds is 6. The van der Waals surface area contributed by atoms with Gasteiger partial charge in [0.15, 0.2) is 0 Å². The fraction of sp³-hybridized carbons (Fsp3) is 0.254. The molecule has 0 radical (unpaired) electrons. The average molecular weight is 926 g/mol. The number of aryl methyl sites for hydroxylation is 1. The molecule has 0 atom stereocenters. The Morgan fingerprint density at radius 3 is 1.52 bits per heavy atom. The van der Waals surface area contributed by atoms with Gasteiger partial charge in [-0.3, -0.25) is 0 Å². The van der Waals surface area contributed by atoms with Gasteiger partial charge >= 0.3 is 6.85 Å². The van der Waals surface area contributed by atoms with Gasteiger partial charge < -0.3 is 14.3 Å². The van der Waals surface area contributed by atoms with Crippen molar-refractivity contribution in [1.82, 2.24) is 4.48 Å². The summed E-state index contributed by atoms with van der Waals surface area (Å²) < 4.78 is 2.79. The van der Waals surface area contributed by atoms with Crippen LogP contribution >= 0.6 is 0 Å². The third kappa shape index (κ3) is 7.82. The molecule has 0 saturated carbocycles.